The molecule has 0 aliphatic rings. The van der Waals surface area contributed by atoms with Crippen LogP contribution in [0.1, 0.15) is 37.4 Å². The zero-order valence-electron chi connectivity index (χ0n) is 9.83. The summed E-state index contributed by atoms with van der Waals surface area (Å²) in [6, 6.07) is 9.00. The van der Waals surface area contributed by atoms with E-state index < -0.39 is 0 Å². The smallest absolute Gasteiger partial charge is 0.0584 e. The van der Waals surface area contributed by atoms with Crippen molar-refractivity contribution < 1.29 is 5.11 Å². The number of nitrogens with one attached hydrogen (secondary N) is 1. The topological polar surface area (TPSA) is 32.3 Å². The van der Waals surface area contributed by atoms with Gasteiger partial charge < -0.3 is 10.4 Å². The summed E-state index contributed by atoms with van der Waals surface area (Å²) < 4.78 is 0. The van der Waals surface area contributed by atoms with Gasteiger partial charge in [0.2, 0.25) is 0 Å². The highest BCUT2D eigenvalue weighted by atomic mass is 16.3. The quantitative estimate of drug-likeness (QED) is 0.777. The third-order valence-corrected chi connectivity index (χ3v) is 2.78. The normalized spacial score (nSPS) is 14.9. The highest BCUT2D eigenvalue weighted by molar-refractivity contribution is 5.23. The maximum atomic E-state index is 9.10. The average Bonchev–Trinajstić information content (AvgIpc) is 2.26. The van der Waals surface area contributed by atoms with Gasteiger partial charge in [0.05, 0.1) is 6.61 Å². The zero-order valence-corrected chi connectivity index (χ0v) is 9.83. The van der Waals surface area contributed by atoms with Crippen molar-refractivity contribution in [1.82, 2.24) is 5.32 Å². The molecule has 0 heterocycles. The average molecular weight is 207 g/mol. The summed E-state index contributed by atoms with van der Waals surface area (Å²) >= 11 is 0. The zero-order chi connectivity index (χ0) is 11.3. The number of aliphatic hydroxyl groups is 1. The number of aryl methyl sites for hydroxylation is 1. The molecular weight excluding hydrogens is 186 g/mol. The molecule has 0 fully saturated rings. The molecule has 2 N–H and O–H groups in total. The van der Waals surface area contributed by atoms with E-state index in [9.17, 15) is 0 Å². The maximum Gasteiger partial charge on any atom is 0.0584 e. The molecule has 0 saturated heterocycles. The van der Waals surface area contributed by atoms with Gasteiger partial charge in [-0.05, 0) is 25.8 Å². The van der Waals surface area contributed by atoms with Gasteiger partial charge in [-0.1, -0.05) is 36.8 Å². The van der Waals surface area contributed by atoms with Crippen LogP contribution >= 0.6 is 0 Å². The molecule has 0 aliphatic heterocycles. The van der Waals surface area contributed by atoms with E-state index in [2.05, 4.69) is 50.4 Å². The van der Waals surface area contributed by atoms with Crippen molar-refractivity contribution in [3.8, 4) is 0 Å². The molecule has 0 spiro atoms. The molecule has 1 aromatic rings. The summed E-state index contributed by atoms with van der Waals surface area (Å²) in [5.74, 6) is 0. The third kappa shape index (κ3) is 3.65. The Hall–Kier alpha value is -0.860. The van der Waals surface area contributed by atoms with Crippen molar-refractivity contribution in [3.05, 3.63) is 35.4 Å². The van der Waals surface area contributed by atoms with Crippen molar-refractivity contribution >= 4 is 0 Å². The molecule has 15 heavy (non-hydrogen) atoms. The van der Waals surface area contributed by atoms with Crippen molar-refractivity contribution in [3.63, 3.8) is 0 Å². The van der Waals surface area contributed by atoms with Crippen LogP contribution in [0.5, 0.6) is 0 Å². The van der Waals surface area contributed by atoms with Gasteiger partial charge in [0.1, 0.15) is 0 Å². The molecule has 0 aromatic heterocycles. The summed E-state index contributed by atoms with van der Waals surface area (Å²) in [5.41, 5.74) is 2.55. The lowest BCUT2D eigenvalue weighted by atomic mass is 10.1. The van der Waals surface area contributed by atoms with E-state index in [1.807, 2.05) is 0 Å². The molecular formula is C13H21NO. The van der Waals surface area contributed by atoms with E-state index in [0.717, 1.165) is 6.42 Å². The standard InChI is InChI=1S/C13H21NO/c1-4-13(9-15)14-11(3)12-7-5-10(2)6-8-12/h5-8,11,13-15H,4,9H2,1-3H3/t11-,13-/m0/s1. The van der Waals surface area contributed by atoms with Crippen LogP contribution in [0.25, 0.3) is 0 Å². The lowest BCUT2D eigenvalue weighted by molar-refractivity contribution is 0.230. The third-order valence-electron chi connectivity index (χ3n) is 2.78. The Balaban J connectivity index is 2.60. The first-order valence-electron chi connectivity index (χ1n) is 5.60. The van der Waals surface area contributed by atoms with Gasteiger partial charge in [-0.25, -0.2) is 0 Å². The SMILES string of the molecule is CC[C@@H](CO)N[C@@H](C)c1ccc(C)cc1. The van der Waals surface area contributed by atoms with E-state index in [4.69, 9.17) is 5.11 Å². The maximum absolute atomic E-state index is 9.10. The number of benzene rings is 1. The Labute approximate surface area is 92.3 Å². The highest BCUT2D eigenvalue weighted by Crippen LogP contribution is 2.14. The summed E-state index contributed by atoms with van der Waals surface area (Å²) in [6.45, 7) is 6.50. The van der Waals surface area contributed by atoms with E-state index in [0.29, 0.717) is 6.04 Å². The predicted molar refractivity (Wildman–Crippen MR) is 63.9 cm³/mol. The molecule has 2 heteroatoms. The Morgan fingerprint density at radius 2 is 1.87 bits per heavy atom. The lowest BCUT2D eigenvalue weighted by Crippen LogP contribution is -2.33. The first-order chi connectivity index (χ1) is 7.17. The minimum Gasteiger partial charge on any atom is -0.395 e. The Bertz CT molecular complexity index is 277. The second-order valence-electron chi connectivity index (χ2n) is 4.09. The van der Waals surface area contributed by atoms with Gasteiger partial charge in [0.25, 0.3) is 0 Å². The molecule has 1 rings (SSSR count). The van der Waals surface area contributed by atoms with Gasteiger partial charge in [0.15, 0.2) is 0 Å². The summed E-state index contributed by atoms with van der Waals surface area (Å²) in [7, 11) is 0. The van der Waals surface area contributed by atoms with Gasteiger partial charge in [0, 0.05) is 12.1 Å². The molecule has 0 unspecified atom stereocenters. The van der Waals surface area contributed by atoms with Crippen LogP contribution in [-0.2, 0) is 0 Å². The van der Waals surface area contributed by atoms with Crippen LogP contribution in [0, 0.1) is 6.92 Å². The van der Waals surface area contributed by atoms with Crippen LogP contribution in [0.3, 0.4) is 0 Å². The monoisotopic (exact) mass is 207 g/mol. The van der Waals surface area contributed by atoms with Crippen LogP contribution in [0.15, 0.2) is 24.3 Å². The van der Waals surface area contributed by atoms with Crippen LogP contribution in [0.4, 0.5) is 0 Å². The first kappa shape index (κ1) is 12.2. The summed E-state index contributed by atoms with van der Waals surface area (Å²) in [5, 5.41) is 12.5. The fourth-order valence-corrected chi connectivity index (χ4v) is 1.60. The molecule has 0 amide bonds. The second kappa shape index (κ2) is 5.89. The van der Waals surface area contributed by atoms with Crippen molar-refractivity contribution in [1.29, 1.82) is 0 Å². The summed E-state index contributed by atoms with van der Waals surface area (Å²) in [4.78, 5) is 0. The van der Waals surface area contributed by atoms with Gasteiger partial charge in [-0.2, -0.15) is 0 Å². The first-order valence-corrected chi connectivity index (χ1v) is 5.60. The minimum absolute atomic E-state index is 0.196. The number of rotatable bonds is 5. The highest BCUT2D eigenvalue weighted by Gasteiger charge is 2.10. The van der Waals surface area contributed by atoms with Crippen LogP contribution in [-0.4, -0.2) is 17.8 Å². The van der Waals surface area contributed by atoms with Crippen molar-refractivity contribution in [2.75, 3.05) is 6.61 Å². The molecule has 84 valence electrons. The van der Waals surface area contributed by atoms with Gasteiger partial charge in [-0.15, -0.1) is 0 Å². The molecule has 1 aromatic carbocycles. The molecule has 2 atom stereocenters. The summed E-state index contributed by atoms with van der Waals surface area (Å²) in [6.07, 6.45) is 0.951. The van der Waals surface area contributed by atoms with E-state index in [-0.39, 0.29) is 12.6 Å². The van der Waals surface area contributed by atoms with E-state index in [1.54, 1.807) is 0 Å². The number of aliphatic hydroxyl groups excluding tert-OH is 1. The van der Waals surface area contributed by atoms with E-state index in [1.165, 1.54) is 11.1 Å². The largest absolute Gasteiger partial charge is 0.395 e. The predicted octanol–water partition coefficient (Wildman–Crippen LogP) is 2.42. The van der Waals surface area contributed by atoms with Crippen molar-refractivity contribution in [2.45, 2.75) is 39.3 Å². The van der Waals surface area contributed by atoms with E-state index >= 15 is 0 Å². The van der Waals surface area contributed by atoms with Gasteiger partial charge in [-0.3, -0.25) is 0 Å². The number of hydrogen-bond acceptors (Lipinski definition) is 2. The van der Waals surface area contributed by atoms with Crippen LogP contribution < -0.4 is 5.32 Å². The molecule has 0 radical (unpaired) electrons. The molecule has 2 nitrogen and oxygen atoms in total. The van der Waals surface area contributed by atoms with Crippen molar-refractivity contribution in [2.24, 2.45) is 0 Å². The Kier molecular flexibility index (Phi) is 4.79. The molecule has 0 saturated carbocycles. The number of hydrogen-bond donors (Lipinski definition) is 2. The fourth-order valence-electron chi connectivity index (χ4n) is 1.60. The molecule has 0 aliphatic carbocycles. The lowest BCUT2D eigenvalue weighted by Gasteiger charge is -2.20. The van der Waals surface area contributed by atoms with Crippen LogP contribution in [0.2, 0.25) is 0 Å². The second-order valence-corrected chi connectivity index (χ2v) is 4.09. The van der Waals surface area contributed by atoms with Gasteiger partial charge >= 0.3 is 0 Å². The Morgan fingerprint density at radius 3 is 2.33 bits per heavy atom. The molecule has 0 bridgehead atoms. The fraction of sp³-hybridized carbons (Fsp3) is 0.538. The Morgan fingerprint density at radius 1 is 1.27 bits per heavy atom. The minimum atomic E-state index is 0.196.